The predicted octanol–water partition coefficient (Wildman–Crippen LogP) is 3.71. The summed E-state index contributed by atoms with van der Waals surface area (Å²) in [5.74, 6) is -0.462. The molecule has 3 aromatic rings. The van der Waals surface area contributed by atoms with E-state index in [1.165, 1.54) is 23.1 Å². The first-order chi connectivity index (χ1) is 13.7. The highest BCUT2D eigenvalue weighted by Gasteiger charge is 2.42. The summed E-state index contributed by atoms with van der Waals surface area (Å²) >= 11 is 0. The molecule has 0 radical (unpaired) electrons. The molecule has 2 heterocycles. The maximum Gasteiger partial charge on any atom is 0.270 e. The van der Waals surface area contributed by atoms with Crippen molar-refractivity contribution in [3.05, 3.63) is 63.7 Å². The largest absolute Gasteiger partial charge is 0.416 e. The molecular weight excluding hydrogens is 376 g/mol. The molecule has 9 nitrogen and oxygen atoms in total. The number of rotatable bonds is 3. The molecule has 0 saturated carbocycles. The fraction of sp³-hybridized carbons (Fsp3) is 0.200. The van der Waals surface area contributed by atoms with Gasteiger partial charge in [-0.3, -0.25) is 24.6 Å². The molecule has 4 rings (SSSR count). The highest BCUT2D eigenvalue weighted by molar-refractivity contribution is 6.22. The van der Waals surface area contributed by atoms with Gasteiger partial charge in [0.05, 0.1) is 16.1 Å². The van der Waals surface area contributed by atoms with E-state index in [1.807, 2.05) is 0 Å². The predicted molar refractivity (Wildman–Crippen MR) is 102 cm³/mol. The van der Waals surface area contributed by atoms with Gasteiger partial charge in [-0.25, -0.2) is 0 Å². The van der Waals surface area contributed by atoms with Crippen molar-refractivity contribution < 1.29 is 18.9 Å². The lowest BCUT2D eigenvalue weighted by Crippen LogP contribution is -2.45. The lowest BCUT2D eigenvalue weighted by atomic mass is 10.1. The number of imide groups is 1. The molecule has 2 aromatic carbocycles. The van der Waals surface area contributed by atoms with Crippen molar-refractivity contribution in [2.75, 3.05) is 0 Å². The van der Waals surface area contributed by atoms with E-state index in [2.05, 4.69) is 10.2 Å². The van der Waals surface area contributed by atoms with Crippen LogP contribution in [0.1, 0.15) is 41.5 Å². The monoisotopic (exact) mass is 392 g/mol. The standard InChI is InChI=1S/C20H16N4O5/c1-20(2,3)23-18(25)14-8-7-12(10-15(14)19(23)26)17-22-21-16(29-17)11-5-4-6-13(9-11)24(27)28/h4-10H,1-3H3. The number of amides is 2. The van der Waals surface area contributed by atoms with Crippen LogP contribution in [0, 0.1) is 10.1 Å². The van der Waals surface area contributed by atoms with E-state index in [0.717, 1.165) is 0 Å². The summed E-state index contributed by atoms with van der Waals surface area (Å²) in [6.45, 7) is 5.37. The molecule has 2 amide bonds. The summed E-state index contributed by atoms with van der Waals surface area (Å²) in [6.07, 6.45) is 0. The molecule has 0 spiro atoms. The van der Waals surface area contributed by atoms with Crippen molar-refractivity contribution in [3.8, 4) is 22.9 Å². The van der Waals surface area contributed by atoms with Crippen molar-refractivity contribution in [1.29, 1.82) is 0 Å². The maximum absolute atomic E-state index is 12.7. The van der Waals surface area contributed by atoms with Crippen LogP contribution >= 0.6 is 0 Å². The van der Waals surface area contributed by atoms with E-state index in [4.69, 9.17) is 4.42 Å². The van der Waals surface area contributed by atoms with E-state index < -0.39 is 10.5 Å². The molecule has 9 heteroatoms. The number of fused-ring (bicyclic) bond motifs is 1. The number of hydrogen-bond acceptors (Lipinski definition) is 7. The Morgan fingerprint density at radius 1 is 0.931 bits per heavy atom. The second-order valence-corrected chi connectivity index (χ2v) is 7.60. The van der Waals surface area contributed by atoms with E-state index in [1.54, 1.807) is 45.0 Å². The molecule has 0 bridgehead atoms. The number of non-ortho nitro benzene ring substituents is 1. The van der Waals surface area contributed by atoms with Crippen molar-refractivity contribution in [2.45, 2.75) is 26.3 Å². The molecule has 0 atom stereocenters. The minimum absolute atomic E-state index is 0.0915. The molecule has 1 aromatic heterocycles. The van der Waals surface area contributed by atoms with Gasteiger partial charge in [0.15, 0.2) is 0 Å². The Labute approximate surface area is 165 Å². The number of nitro benzene ring substituents is 1. The smallest absolute Gasteiger partial charge is 0.270 e. The summed E-state index contributed by atoms with van der Waals surface area (Å²) in [6, 6.07) is 10.6. The zero-order chi connectivity index (χ0) is 20.9. The molecule has 0 unspecified atom stereocenters. The van der Waals surface area contributed by atoms with Gasteiger partial charge in [0, 0.05) is 28.8 Å². The van der Waals surface area contributed by atoms with Gasteiger partial charge in [0.2, 0.25) is 11.8 Å². The number of carbonyl (C=O) groups is 2. The van der Waals surface area contributed by atoms with Gasteiger partial charge in [-0.2, -0.15) is 0 Å². The molecule has 1 aliphatic rings. The van der Waals surface area contributed by atoms with Gasteiger partial charge >= 0.3 is 0 Å². The summed E-state index contributed by atoms with van der Waals surface area (Å²) in [5, 5.41) is 18.9. The summed E-state index contributed by atoms with van der Waals surface area (Å²) in [5.41, 5.74) is 0.748. The second-order valence-electron chi connectivity index (χ2n) is 7.60. The number of nitrogens with zero attached hydrogens (tertiary/aromatic N) is 4. The molecule has 1 aliphatic heterocycles. The van der Waals surface area contributed by atoms with E-state index in [-0.39, 0.29) is 34.8 Å². The summed E-state index contributed by atoms with van der Waals surface area (Å²) in [4.78, 5) is 37.0. The zero-order valence-electron chi connectivity index (χ0n) is 15.9. The van der Waals surface area contributed by atoms with Gasteiger partial charge in [-0.15, -0.1) is 10.2 Å². The maximum atomic E-state index is 12.7. The van der Waals surface area contributed by atoms with Crippen LogP contribution in [0.5, 0.6) is 0 Å². The van der Waals surface area contributed by atoms with Crippen LogP contribution in [0.25, 0.3) is 22.9 Å². The fourth-order valence-corrected chi connectivity index (χ4v) is 3.19. The molecule has 0 N–H and O–H groups in total. The zero-order valence-corrected chi connectivity index (χ0v) is 15.9. The van der Waals surface area contributed by atoms with Gasteiger partial charge in [-0.1, -0.05) is 6.07 Å². The van der Waals surface area contributed by atoms with Crippen molar-refractivity contribution >= 4 is 17.5 Å². The van der Waals surface area contributed by atoms with E-state index in [0.29, 0.717) is 16.7 Å². The fourth-order valence-electron chi connectivity index (χ4n) is 3.19. The summed E-state index contributed by atoms with van der Waals surface area (Å²) < 4.78 is 5.65. The SMILES string of the molecule is CC(C)(C)N1C(=O)c2ccc(-c3nnc(-c4cccc([N+](=O)[O-])c4)o3)cc2C1=O. The average molecular weight is 392 g/mol. The van der Waals surface area contributed by atoms with Crippen LogP contribution in [0.3, 0.4) is 0 Å². The van der Waals surface area contributed by atoms with Crippen molar-refractivity contribution in [1.82, 2.24) is 15.1 Å². The molecule has 0 aliphatic carbocycles. The Morgan fingerprint density at radius 2 is 1.55 bits per heavy atom. The average Bonchev–Trinajstić information content (AvgIpc) is 3.25. The first-order valence-electron chi connectivity index (χ1n) is 8.78. The van der Waals surface area contributed by atoms with Gasteiger partial charge < -0.3 is 4.42 Å². The third-order valence-electron chi connectivity index (χ3n) is 4.53. The topological polar surface area (TPSA) is 119 Å². The third kappa shape index (κ3) is 3.06. The molecule has 0 saturated heterocycles. The quantitative estimate of drug-likeness (QED) is 0.378. The lowest BCUT2D eigenvalue weighted by Gasteiger charge is -2.29. The molecular formula is C20H16N4O5. The highest BCUT2D eigenvalue weighted by Crippen LogP contribution is 2.33. The lowest BCUT2D eigenvalue weighted by molar-refractivity contribution is -0.384. The Hall–Kier alpha value is -3.88. The van der Waals surface area contributed by atoms with Crippen molar-refractivity contribution in [2.24, 2.45) is 0 Å². The number of nitro groups is 1. The van der Waals surface area contributed by atoms with Gasteiger partial charge in [0.1, 0.15) is 0 Å². The van der Waals surface area contributed by atoms with Crippen LogP contribution in [0.2, 0.25) is 0 Å². The van der Waals surface area contributed by atoms with Gasteiger partial charge in [0.25, 0.3) is 17.5 Å². The van der Waals surface area contributed by atoms with Crippen LogP contribution in [0.15, 0.2) is 46.9 Å². The van der Waals surface area contributed by atoms with E-state index in [9.17, 15) is 19.7 Å². The Morgan fingerprint density at radius 3 is 2.17 bits per heavy atom. The van der Waals surface area contributed by atoms with Gasteiger partial charge in [-0.05, 0) is 45.0 Å². The van der Waals surface area contributed by atoms with Crippen LogP contribution < -0.4 is 0 Å². The number of aromatic nitrogens is 2. The Bertz CT molecular complexity index is 1180. The van der Waals surface area contributed by atoms with Crippen molar-refractivity contribution in [3.63, 3.8) is 0 Å². The Kier molecular flexibility index (Phi) is 4.04. The minimum atomic E-state index is -0.646. The second kappa shape index (κ2) is 6.33. The highest BCUT2D eigenvalue weighted by atomic mass is 16.6. The molecule has 29 heavy (non-hydrogen) atoms. The first kappa shape index (κ1) is 18.5. The molecule has 146 valence electrons. The van der Waals surface area contributed by atoms with E-state index >= 15 is 0 Å². The third-order valence-corrected chi connectivity index (χ3v) is 4.53. The Balaban J connectivity index is 1.70. The number of carbonyl (C=O) groups excluding carboxylic acids is 2. The molecule has 0 fully saturated rings. The minimum Gasteiger partial charge on any atom is -0.416 e. The summed E-state index contributed by atoms with van der Waals surface area (Å²) in [7, 11) is 0. The van der Waals surface area contributed by atoms with Crippen LogP contribution in [0.4, 0.5) is 5.69 Å². The number of benzene rings is 2. The van der Waals surface area contributed by atoms with Crippen LogP contribution in [-0.4, -0.2) is 37.4 Å². The van der Waals surface area contributed by atoms with Crippen LogP contribution in [-0.2, 0) is 0 Å². The first-order valence-corrected chi connectivity index (χ1v) is 8.78. The normalized spacial score (nSPS) is 13.7. The number of hydrogen-bond donors (Lipinski definition) is 0.